The summed E-state index contributed by atoms with van der Waals surface area (Å²) in [7, 11) is 0. The van der Waals surface area contributed by atoms with E-state index in [0.717, 1.165) is 29.3 Å². The average Bonchev–Trinajstić information content (AvgIpc) is 2.59. The Morgan fingerprint density at radius 2 is 1.52 bits per heavy atom. The van der Waals surface area contributed by atoms with Gasteiger partial charge in [0.1, 0.15) is 12.1 Å². The van der Waals surface area contributed by atoms with Gasteiger partial charge in [0.2, 0.25) is 0 Å². The minimum atomic E-state index is -0.669. The molecule has 3 N–H and O–H groups in total. The molecule has 0 amide bonds. The van der Waals surface area contributed by atoms with Crippen molar-refractivity contribution >= 4 is 23.2 Å². The van der Waals surface area contributed by atoms with Gasteiger partial charge in [-0.3, -0.25) is 0 Å². The number of piperidine rings is 1. The lowest BCUT2D eigenvalue weighted by Gasteiger charge is -2.45. The fraction of sp³-hybridized carbons (Fsp3) is 0.429. The van der Waals surface area contributed by atoms with Gasteiger partial charge in [-0.1, -0.05) is 67.7 Å². The van der Waals surface area contributed by atoms with Crippen molar-refractivity contribution in [3.63, 3.8) is 0 Å². The molecule has 0 unspecified atom stereocenters. The highest BCUT2D eigenvalue weighted by Gasteiger charge is 2.48. The molecule has 2 aromatic rings. The van der Waals surface area contributed by atoms with E-state index in [2.05, 4.69) is 43.4 Å². The maximum atomic E-state index is 11.4. The summed E-state index contributed by atoms with van der Waals surface area (Å²) < 4.78 is 0. The van der Waals surface area contributed by atoms with Crippen LogP contribution in [0.25, 0.3) is 0 Å². The first-order valence-electron chi connectivity index (χ1n) is 9.01. The van der Waals surface area contributed by atoms with Gasteiger partial charge in [0, 0.05) is 33.5 Å². The second-order valence-electron chi connectivity index (χ2n) is 7.27. The first-order chi connectivity index (χ1) is 11.9. The fourth-order valence-electron chi connectivity index (χ4n) is 4.17. The lowest BCUT2D eigenvalue weighted by atomic mass is 9.70. The molecular weight excluding hydrogens is 353 g/mol. The average molecular weight is 379 g/mol. The Bertz CT molecular complexity index is 701. The molecule has 1 aliphatic heterocycles. The molecule has 0 radical (unpaired) electrons. The van der Waals surface area contributed by atoms with E-state index >= 15 is 0 Å². The number of hydrogen-bond acceptors (Lipinski definition) is 1. The van der Waals surface area contributed by atoms with Gasteiger partial charge in [0.05, 0.1) is 5.60 Å². The molecule has 134 valence electrons. The first-order valence-corrected chi connectivity index (χ1v) is 9.77. The van der Waals surface area contributed by atoms with Gasteiger partial charge < -0.3 is 10.4 Å². The van der Waals surface area contributed by atoms with Crippen molar-refractivity contribution in [2.24, 2.45) is 5.92 Å². The molecule has 1 fully saturated rings. The predicted octanol–water partition coefficient (Wildman–Crippen LogP) is 4.91. The van der Waals surface area contributed by atoms with Crippen LogP contribution in [0, 0.1) is 5.92 Å². The number of halogens is 2. The summed E-state index contributed by atoms with van der Waals surface area (Å²) in [5, 5.41) is 15.3. The molecule has 0 bridgehead atoms. The van der Waals surface area contributed by atoms with E-state index in [0.29, 0.717) is 0 Å². The van der Waals surface area contributed by atoms with Gasteiger partial charge >= 0.3 is 0 Å². The predicted molar refractivity (Wildman–Crippen MR) is 104 cm³/mol. The smallest absolute Gasteiger partial charge is 0.117 e. The van der Waals surface area contributed by atoms with Gasteiger partial charge in [0.15, 0.2) is 0 Å². The molecule has 2 aromatic carbocycles. The standard InChI is InChI=1S/C21H25Cl2NO/c1-3-12-21(25)13-19(15-4-8-17(22)9-5-15)24-20(14(21)2)16-6-10-18(23)11-7-16/h4-11,14,19-20,24-25H,3,12-13H2,1-2H3/p+1/t14-,19-,20-,21+/m0/s1. The molecule has 0 spiro atoms. The van der Waals surface area contributed by atoms with Crippen molar-refractivity contribution in [1.29, 1.82) is 0 Å². The van der Waals surface area contributed by atoms with Gasteiger partial charge in [-0.25, -0.2) is 0 Å². The number of aliphatic hydroxyl groups is 1. The molecule has 25 heavy (non-hydrogen) atoms. The van der Waals surface area contributed by atoms with Crippen LogP contribution >= 0.6 is 23.2 Å². The minimum Gasteiger partial charge on any atom is -0.389 e. The van der Waals surface area contributed by atoms with Crippen LogP contribution in [0.3, 0.4) is 0 Å². The van der Waals surface area contributed by atoms with Crippen LogP contribution in [0.15, 0.2) is 48.5 Å². The normalized spacial score (nSPS) is 29.6. The van der Waals surface area contributed by atoms with Crippen molar-refractivity contribution < 1.29 is 10.4 Å². The summed E-state index contributed by atoms with van der Waals surface area (Å²) >= 11 is 12.1. The van der Waals surface area contributed by atoms with E-state index in [1.165, 1.54) is 11.1 Å². The Morgan fingerprint density at radius 1 is 1.00 bits per heavy atom. The largest absolute Gasteiger partial charge is 0.389 e. The number of benzene rings is 2. The van der Waals surface area contributed by atoms with Crippen LogP contribution in [-0.4, -0.2) is 10.7 Å². The van der Waals surface area contributed by atoms with E-state index in [-0.39, 0.29) is 18.0 Å². The van der Waals surface area contributed by atoms with Crippen molar-refractivity contribution in [2.45, 2.75) is 50.8 Å². The minimum absolute atomic E-state index is 0.164. The highest BCUT2D eigenvalue weighted by atomic mass is 35.5. The van der Waals surface area contributed by atoms with E-state index in [1.54, 1.807) is 0 Å². The second-order valence-corrected chi connectivity index (χ2v) is 8.15. The summed E-state index contributed by atoms with van der Waals surface area (Å²) in [4.78, 5) is 0. The molecule has 1 aliphatic rings. The van der Waals surface area contributed by atoms with Gasteiger partial charge in [0.25, 0.3) is 0 Å². The van der Waals surface area contributed by atoms with Crippen LogP contribution in [0.4, 0.5) is 0 Å². The lowest BCUT2D eigenvalue weighted by Crippen LogP contribution is -2.91. The molecule has 3 rings (SSSR count). The Balaban J connectivity index is 1.95. The third-order valence-electron chi connectivity index (χ3n) is 5.64. The number of rotatable bonds is 4. The van der Waals surface area contributed by atoms with Gasteiger partial charge in [-0.05, 0) is 30.7 Å². The van der Waals surface area contributed by atoms with Crippen molar-refractivity contribution in [1.82, 2.24) is 0 Å². The zero-order chi connectivity index (χ0) is 18.0. The molecule has 1 saturated heterocycles. The summed E-state index contributed by atoms with van der Waals surface area (Å²) in [6, 6.07) is 16.4. The van der Waals surface area contributed by atoms with Crippen LogP contribution in [-0.2, 0) is 0 Å². The SMILES string of the molecule is CCC[C@@]1(O)C[C@@H](c2ccc(Cl)cc2)[NH2+][C@H](c2ccc(Cl)cc2)[C@@H]1C. The molecular formula is C21H26Cl2NO+. The third-order valence-corrected chi connectivity index (χ3v) is 6.14. The maximum Gasteiger partial charge on any atom is 0.117 e. The molecule has 0 aromatic heterocycles. The topological polar surface area (TPSA) is 36.8 Å². The summed E-state index contributed by atoms with van der Waals surface area (Å²) in [6.07, 6.45) is 2.55. The van der Waals surface area contributed by atoms with Crippen molar-refractivity contribution in [3.8, 4) is 0 Å². The number of hydrogen-bond donors (Lipinski definition) is 2. The van der Waals surface area contributed by atoms with Gasteiger partial charge in [-0.15, -0.1) is 0 Å². The highest BCUT2D eigenvalue weighted by molar-refractivity contribution is 6.30. The van der Waals surface area contributed by atoms with E-state index in [1.807, 2.05) is 24.3 Å². The zero-order valence-electron chi connectivity index (χ0n) is 14.8. The van der Waals surface area contributed by atoms with Gasteiger partial charge in [-0.2, -0.15) is 0 Å². The summed E-state index contributed by atoms with van der Waals surface area (Å²) in [6.45, 7) is 4.31. The van der Waals surface area contributed by atoms with E-state index < -0.39 is 5.60 Å². The molecule has 0 saturated carbocycles. The molecule has 4 heteroatoms. The summed E-state index contributed by atoms with van der Waals surface area (Å²) in [5.41, 5.74) is 1.76. The van der Waals surface area contributed by atoms with Crippen LogP contribution in [0.5, 0.6) is 0 Å². The Morgan fingerprint density at radius 3 is 2.04 bits per heavy atom. The molecule has 4 atom stereocenters. The van der Waals surface area contributed by atoms with E-state index in [4.69, 9.17) is 23.2 Å². The molecule has 2 nitrogen and oxygen atoms in total. The first kappa shape index (κ1) is 18.7. The molecule has 0 aliphatic carbocycles. The van der Waals surface area contributed by atoms with Crippen LogP contribution in [0.1, 0.15) is 56.3 Å². The zero-order valence-corrected chi connectivity index (χ0v) is 16.3. The van der Waals surface area contributed by atoms with Crippen LogP contribution < -0.4 is 5.32 Å². The monoisotopic (exact) mass is 378 g/mol. The van der Waals surface area contributed by atoms with E-state index in [9.17, 15) is 5.11 Å². The highest BCUT2D eigenvalue weighted by Crippen LogP contribution is 2.41. The third kappa shape index (κ3) is 4.03. The van der Waals surface area contributed by atoms with Crippen LogP contribution in [0.2, 0.25) is 10.0 Å². The fourth-order valence-corrected chi connectivity index (χ4v) is 4.42. The maximum absolute atomic E-state index is 11.4. The summed E-state index contributed by atoms with van der Waals surface area (Å²) in [5.74, 6) is 0.164. The Labute approximate surface area is 160 Å². The van der Waals surface area contributed by atoms with Crippen molar-refractivity contribution in [3.05, 3.63) is 69.7 Å². The second kappa shape index (κ2) is 7.67. The molecule has 1 heterocycles. The lowest BCUT2D eigenvalue weighted by molar-refractivity contribution is -0.756. The Kier molecular flexibility index (Phi) is 5.75. The number of nitrogens with two attached hydrogens (primary N) is 1. The Hall–Kier alpha value is -1.06. The quantitative estimate of drug-likeness (QED) is 0.778. The van der Waals surface area contributed by atoms with Crippen molar-refractivity contribution in [2.75, 3.05) is 0 Å². The number of quaternary nitrogens is 1.